The van der Waals surface area contributed by atoms with Crippen molar-refractivity contribution >= 4 is 12.2 Å². The molecule has 0 heterocycles. The Balaban J connectivity index is 2.05. The molecule has 18 heavy (non-hydrogen) atoms. The third kappa shape index (κ3) is 1.39. The Morgan fingerprint density at radius 3 is 2.72 bits per heavy atom. The average Bonchev–Trinajstić information content (AvgIpc) is 2.45. The fourth-order valence-electron chi connectivity index (χ4n) is 3.02. The van der Waals surface area contributed by atoms with Gasteiger partial charge < -0.3 is 0 Å². The highest BCUT2D eigenvalue weighted by Gasteiger charge is 2.13. The lowest BCUT2D eigenvalue weighted by Crippen LogP contribution is -2.25. The van der Waals surface area contributed by atoms with E-state index in [9.17, 15) is 0 Å². The van der Waals surface area contributed by atoms with Gasteiger partial charge in [0.2, 0.25) is 0 Å². The van der Waals surface area contributed by atoms with E-state index < -0.39 is 0 Å². The van der Waals surface area contributed by atoms with Crippen LogP contribution in [0.1, 0.15) is 22.3 Å². The van der Waals surface area contributed by atoms with Gasteiger partial charge in [-0.05, 0) is 51.6 Å². The van der Waals surface area contributed by atoms with Crippen LogP contribution in [0.4, 0.5) is 0 Å². The number of rotatable bonds is 0. The van der Waals surface area contributed by atoms with Crippen molar-refractivity contribution in [2.75, 3.05) is 0 Å². The summed E-state index contributed by atoms with van der Waals surface area (Å²) in [6, 6.07) is 13.2. The molecule has 0 radical (unpaired) electrons. The van der Waals surface area contributed by atoms with Crippen LogP contribution in [0, 0.1) is 0 Å². The van der Waals surface area contributed by atoms with Crippen molar-refractivity contribution in [1.29, 1.82) is 0 Å². The molecule has 0 unspecified atom stereocenters. The first-order chi connectivity index (χ1) is 8.92. The molecule has 0 saturated heterocycles. The van der Waals surface area contributed by atoms with Crippen LogP contribution in [-0.4, -0.2) is 0 Å². The minimum Gasteiger partial charge on any atom is -0.0801 e. The summed E-state index contributed by atoms with van der Waals surface area (Å²) in [7, 11) is 0. The van der Waals surface area contributed by atoms with Gasteiger partial charge in [-0.1, -0.05) is 54.6 Å². The zero-order chi connectivity index (χ0) is 11.9. The molecule has 0 heteroatoms. The summed E-state index contributed by atoms with van der Waals surface area (Å²) in [5.74, 6) is 0. The van der Waals surface area contributed by atoms with Crippen LogP contribution in [0.5, 0.6) is 0 Å². The van der Waals surface area contributed by atoms with Gasteiger partial charge in [-0.25, -0.2) is 0 Å². The molecule has 0 atom stereocenters. The second-order valence-electron chi connectivity index (χ2n) is 5.02. The molecule has 86 valence electrons. The van der Waals surface area contributed by atoms with Crippen molar-refractivity contribution < 1.29 is 0 Å². The molecule has 0 N–H and O–H groups in total. The largest absolute Gasteiger partial charge is 0.0801 e. The van der Waals surface area contributed by atoms with E-state index in [2.05, 4.69) is 60.7 Å². The third-order valence-corrected chi connectivity index (χ3v) is 3.97. The van der Waals surface area contributed by atoms with Gasteiger partial charge in [0, 0.05) is 0 Å². The van der Waals surface area contributed by atoms with Crippen LogP contribution in [0.2, 0.25) is 0 Å². The molecule has 2 aromatic rings. The molecule has 0 aromatic heterocycles. The summed E-state index contributed by atoms with van der Waals surface area (Å²) in [5.41, 5.74) is 5.86. The second kappa shape index (κ2) is 3.71. The maximum atomic E-state index is 2.33. The van der Waals surface area contributed by atoms with Crippen molar-refractivity contribution in [3.8, 4) is 0 Å². The van der Waals surface area contributed by atoms with E-state index in [0.29, 0.717) is 0 Å². The standard InChI is InChI=1S/C18H14/c1-2-7-15-12-18-16(11-14(15)6-1)10-9-13-5-3-4-8-17(13)18/h1-7,9-11H,8,12H2. The number of hydrogen-bond donors (Lipinski definition) is 0. The first kappa shape index (κ1) is 9.90. The average molecular weight is 230 g/mol. The lowest BCUT2D eigenvalue weighted by Gasteiger charge is -2.18. The van der Waals surface area contributed by atoms with Crippen LogP contribution in [-0.2, 0) is 12.8 Å². The van der Waals surface area contributed by atoms with Gasteiger partial charge in [-0.15, -0.1) is 0 Å². The highest BCUT2D eigenvalue weighted by atomic mass is 14.2. The van der Waals surface area contributed by atoms with Gasteiger partial charge in [-0.2, -0.15) is 0 Å². The Hall–Kier alpha value is -2.08. The predicted octanol–water partition coefficient (Wildman–Crippen LogP) is 2.31. The maximum Gasteiger partial charge on any atom is -0.00108 e. The van der Waals surface area contributed by atoms with Gasteiger partial charge in [-0.3, -0.25) is 0 Å². The first-order valence-electron chi connectivity index (χ1n) is 6.49. The van der Waals surface area contributed by atoms with Crippen LogP contribution >= 0.6 is 0 Å². The van der Waals surface area contributed by atoms with E-state index in [1.165, 1.54) is 32.7 Å². The Kier molecular flexibility index (Phi) is 2.04. The molecular formula is C18H14. The molecule has 0 nitrogen and oxygen atoms in total. The maximum absolute atomic E-state index is 2.33. The van der Waals surface area contributed by atoms with Gasteiger partial charge in [0.15, 0.2) is 0 Å². The molecule has 2 aromatic carbocycles. The minimum absolute atomic E-state index is 1.07. The predicted molar refractivity (Wildman–Crippen MR) is 75.8 cm³/mol. The SMILES string of the molecule is C1=CCc2c3c(ccc2=C1)=Cc1ccccc1C3. The number of benzene rings is 2. The molecule has 0 bridgehead atoms. The molecule has 4 rings (SSSR count). The molecule has 0 amide bonds. The van der Waals surface area contributed by atoms with Gasteiger partial charge in [0.25, 0.3) is 0 Å². The van der Waals surface area contributed by atoms with Gasteiger partial charge >= 0.3 is 0 Å². The van der Waals surface area contributed by atoms with Crippen LogP contribution < -0.4 is 10.4 Å². The highest BCUT2D eigenvalue weighted by molar-refractivity contribution is 5.61. The van der Waals surface area contributed by atoms with Gasteiger partial charge in [0.1, 0.15) is 0 Å². The smallest absolute Gasteiger partial charge is 0.00108 e. The molecule has 0 aliphatic heterocycles. The van der Waals surface area contributed by atoms with Crippen molar-refractivity contribution in [3.05, 3.63) is 81.2 Å². The Bertz CT molecular complexity index is 776. The highest BCUT2D eigenvalue weighted by Crippen LogP contribution is 2.19. The summed E-state index contributed by atoms with van der Waals surface area (Å²) < 4.78 is 0. The number of fused-ring (bicyclic) bond motifs is 4. The lowest BCUT2D eigenvalue weighted by molar-refractivity contribution is 1.06. The monoisotopic (exact) mass is 230 g/mol. The van der Waals surface area contributed by atoms with E-state index >= 15 is 0 Å². The number of hydrogen-bond acceptors (Lipinski definition) is 0. The van der Waals surface area contributed by atoms with Gasteiger partial charge in [0.05, 0.1) is 0 Å². The van der Waals surface area contributed by atoms with Crippen LogP contribution in [0.15, 0.2) is 48.6 Å². The fourth-order valence-corrected chi connectivity index (χ4v) is 3.02. The summed E-state index contributed by atoms with van der Waals surface area (Å²) in [5, 5.41) is 2.79. The minimum atomic E-state index is 1.07. The van der Waals surface area contributed by atoms with E-state index in [1.807, 2.05) is 0 Å². The molecule has 2 aliphatic carbocycles. The lowest BCUT2D eigenvalue weighted by atomic mass is 9.87. The summed E-state index contributed by atoms with van der Waals surface area (Å²) >= 11 is 0. The fraction of sp³-hybridized carbons (Fsp3) is 0.111. The van der Waals surface area contributed by atoms with Crippen molar-refractivity contribution in [3.63, 3.8) is 0 Å². The quantitative estimate of drug-likeness (QED) is 0.556. The summed E-state index contributed by atoms with van der Waals surface area (Å²) in [6.07, 6.45) is 11.1. The Labute approximate surface area is 107 Å². The molecule has 0 saturated carbocycles. The zero-order valence-electron chi connectivity index (χ0n) is 10.2. The summed E-state index contributed by atoms with van der Waals surface area (Å²) in [6.45, 7) is 0. The zero-order valence-corrected chi connectivity index (χ0v) is 10.2. The Morgan fingerprint density at radius 1 is 0.833 bits per heavy atom. The molecule has 2 aliphatic rings. The summed E-state index contributed by atoms with van der Waals surface area (Å²) in [4.78, 5) is 0. The van der Waals surface area contributed by atoms with Crippen molar-refractivity contribution in [1.82, 2.24) is 0 Å². The van der Waals surface area contributed by atoms with Crippen molar-refractivity contribution in [2.24, 2.45) is 0 Å². The first-order valence-corrected chi connectivity index (χ1v) is 6.49. The molecule has 0 fully saturated rings. The van der Waals surface area contributed by atoms with E-state index in [-0.39, 0.29) is 0 Å². The van der Waals surface area contributed by atoms with E-state index in [4.69, 9.17) is 0 Å². The van der Waals surface area contributed by atoms with E-state index in [1.54, 1.807) is 0 Å². The topological polar surface area (TPSA) is 0 Å². The van der Waals surface area contributed by atoms with Crippen LogP contribution in [0.3, 0.4) is 0 Å². The van der Waals surface area contributed by atoms with Crippen LogP contribution in [0.25, 0.3) is 12.2 Å². The van der Waals surface area contributed by atoms with Crippen molar-refractivity contribution in [2.45, 2.75) is 12.8 Å². The number of allylic oxidation sites excluding steroid dienone is 2. The van der Waals surface area contributed by atoms with E-state index in [0.717, 1.165) is 12.8 Å². The second-order valence-corrected chi connectivity index (χ2v) is 5.02. The molecular weight excluding hydrogens is 216 g/mol. The third-order valence-electron chi connectivity index (χ3n) is 3.97. The Morgan fingerprint density at radius 2 is 1.72 bits per heavy atom. The molecule has 0 spiro atoms. The normalized spacial score (nSPS) is 14.9.